The van der Waals surface area contributed by atoms with E-state index in [0.29, 0.717) is 11.1 Å². The van der Waals surface area contributed by atoms with Gasteiger partial charge in [0.2, 0.25) is 0 Å². The number of benzene rings is 2. The summed E-state index contributed by atoms with van der Waals surface area (Å²) in [5, 5.41) is 12.7. The predicted molar refractivity (Wildman–Crippen MR) is 89.1 cm³/mol. The Morgan fingerprint density at radius 2 is 1.58 bits per heavy atom. The summed E-state index contributed by atoms with van der Waals surface area (Å²) in [6, 6.07) is 15.0. The van der Waals surface area contributed by atoms with E-state index in [1.165, 1.54) is 0 Å². The minimum Gasteiger partial charge on any atom is -0.477 e. The zero-order valence-corrected chi connectivity index (χ0v) is 13.0. The van der Waals surface area contributed by atoms with Crippen molar-refractivity contribution in [2.24, 2.45) is 5.10 Å². The average Bonchev–Trinajstić information content (AvgIpc) is 2.59. The van der Waals surface area contributed by atoms with E-state index >= 15 is 0 Å². The number of hydrogen-bond acceptors (Lipinski definition) is 4. The highest BCUT2D eigenvalue weighted by molar-refractivity contribution is 6.40. The minimum absolute atomic E-state index is 0.350. The molecule has 0 aliphatic carbocycles. The van der Waals surface area contributed by atoms with E-state index in [1.54, 1.807) is 54.6 Å². The molecular formula is C18H16N2O4. The van der Waals surface area contributed by atoms with Gasteiger partial charge in [0.25, 0.3) is 5.91 Å². The second kappa shape index (κ2) is 7.82. The van der Waals surface area contributed by atoms with Crippen molar-refractivity contribution in [2.45, 2.75) is 13.3 Å². The molecule has 1 amide bonds. The molecule has 0 unspecified atom stereocenters. The molecule has 0 saturated carbocycles. The zero-order valence-electron chi connectivity index (χ0n) is 13.0. The van der Waals surface area contributed by atoms with Crippen LogP contribution < -0.4 is 5.43 Å². The van der Waals surface area contributed by atoms with Gasteiger partial charge in [-0.05, 0) is 19.1 Å². The molecule has 0 aliphatic heterocycles. The van der Waals surface area contributed by atoms with E-state index in [4.69, 9.17) is 5.11 Å². The van der Waals surface area contributed by atoms with Crippen molar-refractivity contribution in [3.05, 3.63) is 71.3 Å². The Labute approximate surface area is 138 Å². The molecule has 0 atom stereocenters. The maximum absolute atomic E-state index is 12.1. The van der Waals surface area contributed by atoms with Crippen LogP contribution in [0.25, 0.3) is 0 Å². The van der Waals surface area contributed by atoms with E-state index < -0.39 is 24.0 Å². The molecule has 0 bridgehead atoms. The smallest absolute Gasteiger partial charge is 0.352 e. The molecule has 6 nitrogen and oxygen atoms in total. The van der Waals surface area contributed by atoms with Crippen molar-refractivity contribution in [3.8, 4) is 0 Å². The Balaban J connectivity index is 2.08. The average molecular weight is 324 g/mol. The summed E-state index contributed by atoms with van der Waals surface area (Å²) in [7, 11) is 0. The molecule has 0 radical (unpaired) electrons. The van der Waals surface area contributed by atoms with Crippen LogP contribution in [0.5, 0.6) is 0 Å². The van der Waals surface area contributed by atoms with Gasteiger partial charge in [0.1, 0.15) is 0 Å². The Bertz CT molecular complexity index is 780. The molecule has 6 heteroatoms. The Kier molecular flexibility index (Phi) is 5.57. The largest absolute Gasteiger partial charge is 0.477 e. The number of hydrazone groups is 1. The van der Waals surface area contributed by atoms with Crippen LogP contribution in [0.15, 0.2) is 59.7 Å². The minimum atomic E-state index is -1.36. The number of carboxylic acids is 1. The maximum Gasteiger partial charge on any atom is 0.352 e. The highest BCUT2D eigenvalue weighted by Crippen LogP contribution is 2.05. The van der Waals surface area contributed by atoms with Gasteiger partial charge in [-0.1, -0.05) is 48.0 Å². The monoisotopic (exact) mass is 324 g/mol. The molecule has 2 aromatic rings. The lowest BCUT2D eigenvalue weighted by Gasteiger charge is -2.04. The topological polar surface area (TPSA) is 95.8 Å². The SMILES string of the molecule is Cc1ccc(C(=O)N/N=C(/CC(=O)c2ccccc2)C(=O)O)cc1. The molecule has 122 valence electrons. The van der Waals surface area contributed by atoms with Crippen molar-refractivity contribution >= 4 is 23.4 Å². The third kappa shape index (κ3) is 4.61. The first-order chi connectivity index (χ1) is 11.5. The normalized spacial score (nSPS) is 11.0. The van der Waals surface area contributed by atoms with Crippen molar-refractivity contribution in [3.63, 3.8) is 0 Å². The van der Waals surface area contributed by atoms with E-state index in [9.17, 15) is 14.4 Å². The fourth-order valence-corrected chi connectivity index (χ4v) is 1.93. The highest BCUT2D eigenvalue weighted by atomic mass is 16.4. The molecule has 0 saturated heterocycles. The number of ketones is 1. The van der Waals surface area contributed by atoms with Gasteiger partial charge in [0, 0.05) is 11.1 Å². The zero-order chi connectivity index (χ0) is 17.5. The van der Waals surface area contributed by atoms with Crippen LogP contribution in [0.2, 0.25) is 0 Å². The van der Waals surface area contributed by atoms with Crippen LogP contribution in [0.4, 0.5) is 0 Å². The van der Waals surface area contributed by atoms with Crippen molar-refractivity contribution in [1.82, 2.24) is 5.43 Å². The van der Waals surface area contributed by atoms with Crippen LogP contribution in [0.3, 0.4) is 0 Å². The standard InChI is InChI=1S/C18H16N2O4/c1-12-7-9-14(10-8-12)17(22)20-19-15(18(23)24)11-16(21)13-5-3-2-4-6-13/h2-10H,11H2,1H3,(H,20,22)(H,23,24)/b19-15-. The Hall–Kier alpha value is -3.28. The summed E-state index contributed by atoms with van der Waals surface area (Å²) in [6.45, 7) is 1.89. The number of nitrogens with zero attached hydrogens (tertiary/aromatic N) is 1. The third-order valence-corrected chi connectivity index (χ3v) is 3.28. The van der Waals surface area contributed by atoms with E-state index in [2.05, 4.69) is 10.5 Å². The first-order valence-corrected chi connectivity index (χ1v) is 7.22. The van der Waals surface area contributed by atoms with Gasteiger partial charge >= 0.3 is 5.97 Å². The molecule has 0 fully saturated rings. The summed E-state index contributed by atoms with van der Waals surface area (Å²) in [5.41, 5.74) is 3.48. The summed E-state index contributed by atoms with van der Waals surface area (Å²) in [5.74, 6) is -2.29. The summed E-state index contributed by atoms with van der Waals surface area (Å²) < 4.78 is 0. The first-order valence-electron chi connectivity index (χ1n) is 7.22. The molecule has 2 N–H and O–H groups in total. The van der Waals surface area contributed by atoms with Crippen molar-refractivity contribution < 1.29 is 19.5 Å². The number of carbonyl (C=O) groups is 3. The number of hydrogen-bond donors (Lipinski definition) is 2. The lowest BCUT2D eigenvalue weighted by molar-refractivity contribution is -0.129. The summed E-state index contributed by atoms with van der Waals surface area (Å²) >= 11 is 0. The first kappa shape index (κ1) is 17.1. The number of aryl methyl sites for hydroxylation is 1. The van der Waals surface area contributed by atoms with E-state index in [1.807, 2.05) is 6.92 Å². The number of rotatable bonds is 6. The second-order valence-electron chi connectivity index (χ2n) is 5.14. The number of carbonyl (C=O) groups excluding carboxylic acids is 2. The predicted octanol–water partition coefficient (Wildman–Crippen LogP) is 2.44. The molecule has 24 heavy (non-hydrogen) atoms. The second-order valence-corrected chi connectivity index (χ2v) is 5.14. The third-order valence-electron chi connectivity index (χ3n) is 3.28. The van der Waals surface area contributed by atoms with Gasteiger partial charge in [-0.3, -0.25) is 9.59 Å². The quantitative estimate of drug-likeness (QED) is 0.484. The van der Waals surface area contributed by atoms with Gasteiger partial charge in [0.15, 0.2) is 11.5 Å². The summed E-state index contributed by atoms with van der Waals surface area (Å²) in [6.07, 6.45) is -0.409. The molecule has 0 heterocycles. The Morgan fingerprint density at radius 1 is 0.958 bits per heavy atom. The lowest BCUT2D eigenvalue weighted by atomic mass is 10.1. The van der Waals surface area contributed by atoms with Gasteiger partial charge in [-0.15, -0.1) is 0 Å². The lowest BCUT2D eigenvalue weighted by Crippen LogP contribution is -2.25. The number of nitrogens with one attached hydrogen (secondary N) is 1. The number of carboxylic acid groups (broad SMARTS) is 1. The highest BCUT2D eigenvalue weighted by Gasteiger charge is 2.17. The van der Waals surface area contributed by atoms with Crippen LogP contribution in [0.1, 0.15) is 32.7 Å². The molecular weight excluding hydrogens is 308 g/mol. The van der Waals surface area contributed by atoms with Gasteiger partial charge in [-0.25, -0.2) is 10.2 Å². The van der Waals surface area contributed by atoms with Gasteiger partial charge < -0.3 is 5.11 Å². The van der Waals surface area contributed by atoms with Gasteiger partial charge in [0.05, 0.1) is 6.42 Å². The van der Waals surface area contributed by atoms with Crippen LogP contribution in [0, 0.1) is 6.92 Å². The molecule has 0 aromatic heterocycles. The molecule has 0 spiro atoms. The van der Waals surface area contributed by atoms with E-state index in [0.717, 1.165) is 5.56 Å². The van der Waals surface area contributed by atoms with Crippen LogP contribution in [-0.2, 0) is 4.79 Å². The number of Topliss-reactive ketones (excluding diaryl/α,β-unsaturated/α-hetero) is 1. The molecule has 2 aromatic carbocycles. The van der Waals surface area contributed by atoms with E-state index in [-0.39, 0.29) is 5.78 Å². The number of amides is 1. The van der Waals surface area contributed by atoms with Gasteiger partial charge in [-0.2, -0.15) is 5.10 Å². The van der Waals surface area contributed by atoms with Crippen molar-refractivity contribution in [1.29, 1.82) is 0 Å². The fourth-order valence-electron chi connectivity index (χ4n) is 1.93. The maximum atomic E-state index is 12.1. The molecule has 2 rings (SSSR count). The fraction of sp³-hybridized carbons (Fsp3) is 0.111. The molecule has 0 aliphatic rings. The summed E-state index contributed by atoms with van der Waals surface area (Å²) in [4.78, 5) is 35.2. The van der Waals surface area contributed by atoms with Crippen LogP contribution >= 0.6 is 0 Å². The van der Waals surface area contributed by atoms with Crippen LogP contribution in [-0.4, -0.2) is 28.5 Å². The number of aliphatic carboxylic acids is 1. The Morgan fingerprint density at radius 3 is 2.17 bits per heavy atom. The van der Waals surface area contributed by atoms with Crippen molar-refractivity contribution in [2.75, 3.05) is 0 Å².